The summed E-state index contributed by atoms with van der Waals surface area (Å²) in [6.45, 7) is 2.43. The zero-order valence-electron chi connectivity index (χ0n) is 12.3. The van der Waals surface area contributed by atoms with Crippen LogP contribution in [0.3, 0.4) is 0 Å². The van der Waals surface area contributed by atoms with E-state index < -0.39 is 0 Å². The van der Waals surface area contributed by atoms with E-state index in [1.54, 1.807) is 25.1 Å². The summed E-state index contributed by atoms with van der Waals surface area (Å²) in [5.41, 5.74) is 1.34. The number of nitrogens with one attached hydrogen (secondary N) is 1. The Hall–Kier alpha value is -2.14. The van der Waals surface area contributed by atoms with Crippen LogP contribution in [0.25, 0.3) is 0 Å². The Bertz CT molecular complexity index is 644. The molecule has 1 aromatic carbocycles. The lowest BCUT2D eigenvalue weighted by atomic mass is 9.98. The summed E-state index contributed by atoms with van der Waals surface area (Å²) in [4.78, 5) is 12.4. The molecule has 1 N–H and O–H groups in total. The number of amides is 1. The van der Waals surface area contributed by atoms with Crippen molar-refractivity contribution in [2.24, 2.45) is 0 Å². The van der Waals surface area contributed by atoms with Crippen LogP contribution in [0.15, 0.2) is 41.0 Å². The fourth-order valence-corrected chi connectivity index (χ4v) is 2.77. The third-order valence-corrected chi connectivity index (χ3v) is 3.96. The summed E-state index contributed by atoms with van der Waals surface area (Å²) in [6.07, 6.45) is 3.22. The van der Waals surface area contributed by atoms with Crippen molar-refractivity contribution >= 4 is 5.91 Å². The molecule has 22 heavy (non-hydrogen) atoms. The van der Waals surface area contributed by atoms with Gasteiger partial charge >= 0.3 is 0 Å². The van der Waals surface area contributed by atoms with Crippen molar-refractivity contribution in [2.75, 3.05) is 6.61 Å². The largest absolute Gasteiger partial charge is 0.469 e. The second-order valence-electron chi connectivity index (χ2n) is 5.44. The Morgan fingerprint density at radius 2 is 2.09 bits per heavy atom. The van der Waals surface area contributed by atoms with Gasteiger partial charge in [0, 0.05) is 6.61 Å². The lowest BCUT2D eigenvalue weighted by molar-refractivity contribution is 0.0671. The molecule has 3 rings (SSSR count). The first-order valence-electron chi connectivity index (χ1n) is 7.37. The summed E-state index contributed by atoms with van der Waals surface area (Å²) >= 11 is 0. The maximum absolute atomic E-state index is 13.1. The number of aryl methyl sites for hydroxylation is 1. The number of ether oxygens (including phenoxy) is 1. The predicted molar refractivity (Wildman–Crippen MR) is 79.0 cm³/mol. The maximum atomic E-state index is 13.1. The summed E-state index contributed by atoms with van der Waals surface area (Å²) in [7, 11) is 0. The molecule has 4 nitrogen and oxygen atoms in total. The second kappa shape index (κ2) is 6.32. The first kappa shape index (κ1) is 14.8. The molecule has 1 saturated heterocycles. The van der Waals surface area contributed by atoms with E-state index in [4.69, 9.17) is 9.15 Å². The van der Waals surface area contributed by atoms with Crippen LogP contribution in [0.2, 0.25) is 0 Å². The average molecular weight is 303 g/mol. The predicted octanol–water partition coefficient (Wildman–Crippen LogP) is 3.38. The number of carbonyl (C=O) groups excluding carboxylic acids is 1. The normalized spacial score (nSPS) is 19.1. The fourth-order valence-electron chi connectivity index (χ4n) is 2.77. The summed E-state index contributed by atoms with van der Waals surface area (Å²) in [5.74, 6) is 0.0608. The first-order valence-corrected chi connectivity index (χ1v) is 7.37. The minimum absolute atomic E-state index is 0.0957. The molecule has 2 atom stereocenters. The van der Waals surface area contributed by atoms with Crippen molar-refractivity contribution < 1.29 is 18.3 Å². The van der Waals surface area contributed by atoms with E-state index in [1.165, 1.54) is 18.4 Å². The van der Waals surface area contributed by atoms with E-state index in [1.807, 2.05) is 0 Å². The quantitative estimate of drug-likeness (QED) is 0.942. The van der Waals surface area contributed by atoms with Gasteiger partial charge in [-0.25, -0.2) is 4.39 Å². The highest BCUT2D eigenvalue weighted by molar-refractivity contribution is 5.95. The van der Waals surface area contributed by atoms with Gasteiger partial charge in [-0.15, -0.1) is 0 Å². The van der Waals surface area contributed by atoms with Gasteiger partial charge in [0.2, 0.25) is 0 Å². The first-order chi connectivity index (χ1) is 10.6. The highest BCUT2D eigenvalue weighted by Gasteiger charge is 2.29. The Kier molecular flexibility index (Phi) is 4.24. The molecule has 0 saturated carbocycles. The highest BCUT2D eigenvalue weighted by atomic mass is 19.1. The molecular formula is C17H18FNO3. The molecule has 0 radical (unpaired) electrons. The van der Waals surface area contributed by atoms with Gasteiger partial charge in [0.05, 0.1) is 24.0 Å². The van der Waals surface area contributed by atoms with Crippen molar-refractivity contribution in [3.8, 4) is 0 Å². The van der Waals surface area contributed by atoms with Gasteiger partial charge in [0.15, 0.2) is 0 Å². The molecular weight excluding hydrogens is 285 g/mol. The average Bonchev–Trinajstić information content (AvgIpc) is 3.17. The minimum atomic E-state index is -0.301. The molecule has 0 unspecified atom stereocenters. The van der Waals surface area contributed by atoms with Gasteiger partial charge in [0.25, 0.3) is 5.91 Å². The number of hydrogen-bond donors (Lipinski definition) is 1. The summed E-state index contributed by atoms with van der Waals surface area (Å²) in [6, 6.07) is 7.50. The van der Waals surface area contributed by atoms with Crippen LogP contribution >= 0.6 is 0 Å². The number of rotatable bonds is 4. The van der Waals surface area contributed by atoms with E-state index in [-0.39, 0.29) is 23.9 Å². The van der Waals surface area contributed by atoms with Gasteiger partial charge in [-0.2, -0.15) is 0 Å². The molecule has 2 aromatic rings. The number of halogens is 1. The van der Waals surface area contributed by atoms with E-state index in [9.17, 15) is 9.18 Å². The number of furan rings is 1. The number of carbonyl (C=O) groups is 1. The number of hydrogen-bond acceptors (Lipinski definition) is 3. The molecule has 1 aliphatic heterocycles. The molecule has 2 heterocycles. The third-order valence-electron chi connectivity index (χ3n) is 3.96. The molecule has 0 spiro atoms. The monoisotopic (exact) mass is 303 g/mol. The zero-order chi connectivity index (χ0) is 15.5. The molecule has 5 heteroatoms. The molecule has 0 aliphatic carbocycles. The molecule has 1 aliphatic rings. The van der Waals surface area contributed by atoms with Gasteiger partial charge in [-0.05, 0) is 43.5 Å². The van der Waals surface area contributed by atoms with Crippen LogP contribution in [0.5, 0.6) is 0 Å². The summed E-state index contributed by atoms with van der Waals surface area (Å²) < 4.78 is 24.0. The van der Waals surface area contributed by atoms with Crippen molar-refractivity contribution in [3.05, 3.63) is 59.3 Å². The minimum Gasteiger partial charge on any atom is -0.469 e. The Balaban J connectivity index is 1.84. The van der Waals surface area contributed by atoms with E-state index in [0.29, 0.717) is 17.9 Å². The SMILES string of the molecule is Cc1occc1C(=O)N[C@H](c1ccc(F)cc1)[C@H]1CCCO1. The van der Waals surface area contributed by atoms with Crippen LogP contribution in [0.4, 0.5) is 4.39 Å². The van der Waals surface area contributed by atoms with Gasteiger partial charge < -0.3 is 14.5 Å². The van der Waals surface area contributed by atoms with E-state index in [0.717, 1.165) is 18.4 Å². The molecule has 116 valence electrons. The van der Waals surface area contributed by atoms with Gasteiger partial charge in [-0.1, -0.05) is 12.1 Å². The van der Waals surface area contributed by atoms with E-state index >= 15 is 0 Å². The van der Waals surface area contributed by atoms with Gasteiger partial charge in [-0.3, -0.25) is 4.79 Å². The van der Waals surface area contributed by atoms with Crippen LogP contribution in [0.1, 0.15) is 40.6 Å². The Labute approximate surface area is 128 Å². The number of benzene rings is 1. The standard InChI is InChI=1S/C17H18FNO3/c1-11-14(8-10-21-11)17(20)19-16(15-3-2-9-22-15)12-4-6-13(18)7-5-12/h4-8,10,15-16H,2-3,9H2,1H3,(H,19,20)/t15-,16-/m1/s1. The van der Waals surface area contributed by atoms with E-state index in [2.05, 4.69) is 5.32 Å². The second-order valence-corrected chi connectivity index (χ2v) is 5.44. The van der Waals surface area contributed by atoms with Crippen molar-refractivity contribution in [1.29, 1.82) is 0 Å². The van der Waals surface area contributed by atoms with Crippen LogP contribution in [-0.2, 0) is 4.74 Å². The Morgan fingerprint density at radius 1 is 1.32 bits per heavy atom. The smallest absolute Gasteiger partial charge is 0.255 e. The molecule has 1 fully saturated rings. The van der Waals surface area contributed by atoms with Gasteiger partial charge in [0.1, 0.15) is 11.6 Å². The van der Waals surface area contributed by atoms with Crippen LogP contribution < -0.4 is 5.32 Å². The molecule has 1 aromatic heterocycles. The Morgan fingerprint density at radius 3 is 2.68 bits per heavy atom. The maximum Gasteiger partial charge on any atom is 0.255 e. The van der Waals surface area contributed by atoms with Crippen molar-refractivity contribution in [3.63, 3.8) is 0 Å². The molecule has 0 bridgehead atoms. The summed E-state index contributed by atoms with van der Waals surface area (Å²) in [5, 5.41) is 2.99. The lowest BCUT2D eigenvalue weighted by Crippen LogP contribution is -2.36. The van der Waals surface area contributed by atoms with Crippen molar-refractivity contribution in [2.45, 2.75) is 31.9 Å². The fraction of sp³-hybridized carbons (Fsp3) is 0.353. The third kappa shape index (κ3) is 3.04. The van der Waals surface area contributed by atoms with Crippen LogP contribution in [0, 0.1) is 12.7 Å². The topological polar surface area (TPSA) is 51.5 Å². The highest BCUT2D eigenvalue weighted by Crippen LogP contribution is 2.27. The lowest BCUT2D eigenvalue weighted by Gasteiger charge is -2.24. The zero-order valence-corrected chi connectivity index (χ0v) is 12.3. The van der Waals surface area contributed by atoms with Crippen molar-refractivity contribution in [1.82, 2.24) is 5.32 Å². The van der Waals surface area contributed by atoms with Crippen LogP contribution in [-0.4, -0.2) is 18.6 Å². The molecule has 1 amide bonds.